The summed E-state index contributed by atoms with van der Waals surface area (Å²) in [4.78, 5) is 11.7. The maximum absolute atomic E-state index is 11.7. The van der Waals surface area contributed by atoms with Gasteiger partial charge in [0.15, 0.2) is 12.4 Å². The fourth-order valence-electron chi connectivity index (χ4n) is 3.22. The highest BCUT2D eigenvalue weighted by Gasteiger charge is 2.09. The number of carbonyl (C=O) groups excluding carboxylic acids is 1. The SMILES string of the molecule is CCCCCCCCCCCCCCCCOC(=O)C[n+]1ccccc1.[Br-]. The second-order valence-electron chi connectivity index (χ2n) is 7.36. The van der Waals surface area contributed by atoms with Crippen LogP contribution in [0, 0.1) is 0 Å². The standard InChI is InChI=1S/C23H40NO2.BrH/c1-2-3-4-5-6-7-8-9-10-11-12-13-14-18-21-26-23(25)22-24-19-16-15-17-20-24;/h15-17,19-20H,2-14,18,21-22H2,1H3;1H/q+1;/p-1. The summed E-state index contributed by atoms with van der Waals surface area (Å²) in [7, 11) is 0. The number of pyridine rings is 1. The van der Waals surface area contributed by atoms with E-state index in [1.807, 2.05) is 35.2 Å². The van der Waals surface area contributed by atoms with E-state index in [1.165, 1.54) is 83.5 Å². The van der Waals surface area contributed by atoms with Gasteiger partial charge in [0.2, 0.25) is 6.54 Å². The summed E-state index contributed by atoms with van der Waals surface area (Å²) >= 11 is 0. The lowest BCUT2D eigenvalue weighted by molar-refractivity contribution is -0.686. The van der Waals surface area contributed by atoms with Gasteiger partial charge >= 0.3 is 5.97 Å². The first-order chi connectivity index (χ1) is 12.8. The number of carbonyl (C=O) groups is 1. The highest BCUT2D eigenvalue weighted by Crippen LogP contribution is 2.12. The molecule has 0 saturated heterocycles. The molecular formula is C23H40BrNO2. The smallest absolute Gasteiger partial charge is 0.372 e. The van der Waals surface area contributed by atoms with Gasteiger partial charge in [-0.25, -0.2) is 4.79 Å². The van der Waals surface area contributed by atoms with Gasteiger partial charge < -0.3 is 21.7 Å². The third kappa shape index (κ3) is 17.0. The summed E-state index contributed by atoms with van der Waals surface area (Å²) in [5, 5.41) is 0. The van der Waals surface area contributed by atoms with Crippen molar-refractivity contribution in [3.05, 3.63) is 30.6 Å². The van der Waals surface area contributed by atoms with Crippen molar-refractivity contribution in [3.63, 3.8) is 0 Å². The highest BCUT2D eigenvalue weighted by molar-refractivity contribution is 5.67. The van der Waals surface area contributed by atoms with E-state index >= 15 is 0 Å². The maximum Gasteiger partial charge on any atom is 0.372 e. The molecule has 0 aliphatic heterocycles. The molecule has 1 rings (SSSR count). The van der Waals surface area contributed by atoms with Crippen LogP contribution in [0.4, 0.5) is 0 Å². The second-order valence-corrected chi connectivity index (χ2v) is 7.36. The maximum atomic E-state index is 11.7. The molecule has 0 saturated carbocycles. The van der Waals surface area contributed by atoms with Gasteiger partial charge in [0.1, 0.15) is 0 Å². The average molecular weight is 442 g/mol. The molecule has 27 heavy (non-hydrogen) atoms. The van der Waals surface area contributed by atoms with Gasteiger partial charge in [-0.1, -0.05) is 96.5 Å². The molecule has 0 N–H and O–H groups in total. The zero-order chi connectivity index (χ0) is 18.7. The van der Waals surface area contributed by atoms with Gasteiger partial charge in [-0.05, 0) is 6.42 Å². The van der Waals surface area contributed by atoms with E-state index in [1.54, 1.807) is 0 Å². The normalized spacial score (nSPS) is 10.4. The lowest BCUT2D eigenvalue weighted by Crippen LogP contribution is -3.00. The first kappa shape index (κ1) is 26.1. The minimum Gasteiger partial charge on any atom is -1.00 e. The monoisotopic (exact) mass is 441 g/mol. The van der Waals surface area contributed by atoms with Crippen molar-refractivity contribution in [2.45, 2.75) is 103 Å². The third-order valence-corrected chi connectivity index (χ3v) is 4.85. The van der Waals surface area contributed by atoms with Gasteiger partial charge in [-0.2, -0.15) is 4.57 Å². The third-order valence-electron chi connectivity index (χ3n) is 4.85. The fraction of sp³-hybridized carbons (Fsp3) is 0.739. The molecule has 1 heterocycles. The largest absolute Gasteiger partial charge is 1.00 e. The number of nitrogens with zero attached hydrogens (tertiary/aromatic N) is 1. The van der Waals surface area contributed by atoms with Crippen LogP contribution in [0.5, 0.6) is 0 Å². The first-order valence-electron chi connectivity index (χ1n) is 10.9. The van der Waals surface area contributed by atoms with E-state index in [4.69, 9.17) is 4.74 Å². The molecular weight excluding hydrogens is 402 g/mol. The van der Waals surface area contributed by atoms with Gasteiger partial charge in [0.25, 0.3) is 0 Å². The van der Waals surface area contributed by atoms with Gasteiger partial charge in [0.05, 0.1) is 6.61 Å². The van der Waals surface area contributed by atoms with Crippen molar-refractivity contribution in [2.24, 2.45) is 0 Å². The van der Waals surface area contributed by atoms with Crippen molar-refractivity contribution in [1.29, 1.82) is 0 Å². The summed E-state index contributed by atoms with van der Waals surface area (Å²) in [5.74, 6) is -0.143. The number of halogens is 1. The fourth-order valence-corrected chi connectivity index (χ4v) is 3.22. The molecule has 1 aromatic rings. The van der Waals surface area contributed by atoms with Crippen molar-refractivity contribution in [3.8, 4) is 0 Å². The molecule has 1 aromatic heterocycles. The number of rotatable bonds is 17. The molecule has 0 atom stereocenters. The number of esters is 1. The Kier molecular flexibility index (Phi) is 19.2. The van der Waals surface area contributed by atoms with Crippen molar-refractivity contribution < 1.29 is 31.1 Å². The second kappa shape index (κ2) is 19.9. The molecule has 0 aliphatic rings. The number of hydrogen-bond acceptors (Lipinski definition) is 2. The predicted molar refractivity (Wildman–Crippen MR) is 108 cm³/mol. The van der Waals surface area contributed by atoms with Crippen LogP contribution >= 0.6 is 0 Å². The molecule has 156 valence electrons. The number of aromatic nitrogens is 1. The van der Waals surface area contributed by atoms with Crippen LogP contribution in [-0.2, 0) is 16.1 Å². The van der Waals surface area contributed by atoms with Crippen LogP contribution in [0.2, 0.25) is 0 Å². The topological polar surface area (TPSA) is 30.2 Å². The lowest BCUT2D eigenvalue weighted by Gasteiger charge is -2.04. The van der Waals surface area contributed by atoms with Crippen LogP contribution in [0.15, 0.2) is 30.6 Å². The van der Waals surface area contributed by atoms with E-state index in [0.29, 0.717) is 13.2 Å². The van der Waals surface area contributed by atoms with Crippen molar-refractivity contribution in [2.75, 3.05) is 6.61 Å². The molecule has 0 unspecified atom stereocenters. The van der Waals surface area contributed by atoms with Crippen molar-refractivity contribution in [1.82, 2.24) is 0 Å². The average Bonchev–Trinajstić information content (AvgIpc) is 2.65. The molecule has 0 radical (unpaired) electrons. The zero-order valence-corrected chi connectivity index (χ0v) is 18.9. The van der Waals surface area contributed by atoms with E-state index in [-0.39, 0.29) is 23.0 Å². The van der Waals surface area contributed by atoms with Crippen LogP contribution in [0.1, 0.15) is 96.8 Å². The Balaban J connectivity index is 0.00000676. The highest BCUT2D eigenvalue weighted by atomic mass is 79.9. The Hall–Kier alpha value is -0.900. The number of hydrogen-bond donors (Lipinski definition) is 0. The summed E-state index contributed by atoms with van der Waals surface area (Å²) in [6.07, 6.45) is 22.6. The van der Waals surface area contributed by atoms with Gasteiger partial charge in [-0.15, -0.1) is 0 Å². The minimum absolute atomic E-state index is 0. The summed E-state index contributed by atoms with van der Waals surface area (Å²) in [5.41, 5.74) is 0. The molecule has 0 fully saturated rings. The Morgan fingerprint density at radius 2 is 1.15 bits per heavy atom. The van der Waals surface area contributed by atoms with Crippen molar-refractivity contribution >= 4 is 5.97 Å². The summed E-state index contributed by atoms with van der Waals surface area (Å²) in [6.45, 7) is 3.14. The first-order valence-corrected chi connectivity index (χ1v) is 10.9. The Morgan fingerprint density at radius 1 is 0.704 bits per heavy atom. The molecule has 0 aliphatic carbocycles. The summed E-state index contributed by atoms with van der Waals surface area (Å²) in [6, 6.07) is 5.78. The molecule has 0 amide bonds. The summed E-state index contributed by atoms with van der Waals surface area (Å²) < 4.78 is 7.13. The predicted octanol–water partition coefficient (Wildman–Crippen LogP) is 3.00. The van der Waals surface area contributed by atoms with Gasteiger partial charge in [-0.3, -0.25) is 0 Å². The van der Waals surface area contributed by atoms with Crippen LogP contribution in [0.25, 0.3) is 0 Å². The number of ether oxygens (including phenoxy) is 1. The minimum atomic E-state index is -0.143. The van der Waals surface area contributed by atoms with E-state index in [9.17, 15) is 4.79 Å². The quantitative estimate of drug-likeness (QED) is 0.211. The lowest BCUT2D eigenvalue weighted by atomic mass is 10.0. The molecule has 3 nitrogen and oxygen atoms in total. The Labute approximate surface area is 177 Å². The van der Waals surface area contributed by atoms with E-state index < -0.39 is 0 Å². The van der Waals surface area contributed by atoms with E-state index in [0.717, 1.165) is 6.42 Å². The van der Waals surface area contributed by atoms with Gasteiger partial charge in [0, 0.05) is 12.1 Å². The van der Waals surface area contributed by atoms with E-state index in [2.05, 4.69) is 6.92 Å². The van der Waals surface area contributed by atoms with Crippen LogP contribution < -0.4 is 21.5 Å². The molecule has 0 bridgehead atoms. The van der Waals surface area contributed by atoms with Crippen LogP contribution in [-0.4, -0.2) is 12.6 Å². The Bertz CT molecular complexity index is 439. The van der Waals surface area contributed by atoms with Crippen LogP contribution in [0.3, 0.4) is 0 Å². The zero-order valence-electron chi connectivity index (χ0n) is 17.3. The Morgan fingerprint density at radius 3 is 1.63 bits per heavy atom. The number of unbranched alkanes of at least 4 members (excludes halogenated alkanes) is 13. The molecule has 0 aromatic carbocycles. The molecule has 4 heteroatoms. The molecule has 0 spiro atoms.